The van der Waals surface area contributed by atoms with Crippen LogP contribution in [0.4, 0.5) is 5.82 Å². The molecule has 0 aliphatic carbocycles. The number of hydrogen-bond acceptors (Lipinski definition) is 6. The van der Waals surface area contributed by atoms with Crippen LogP contribution >= 0.6 is 9.47 Å². The summed E-state index contributed by atoms with van der Waals surface area (Å²) in [5.41, 5.74) is -0.393. The summed E-state index contributed by atoms with van der Waals surface area (Å²) < 4.78 is 11.9. The van der Waals surface area contributed by atoms with Crippen LogP contribution in [-0.2, 0) is 9.26 Å². The highest BCUT2D eigenvalue weighted by atomic mass is 31.0. The van der Waals surface area contributed by atoms with Crippen molar-refractivity contribution in [1.82, 2.24) is 9.55 Å². The molecule has 1 aromatic heterocycles. The maximum atomic E-state index is 12.0. The fourth-order valence-electron chi connectivity index (χ4n) is 2.11. The first-order chi connectivity index (χ1) is 9.65. The van der Waals surface area contributed by atoms with Gasteiger partial charge in [-0.2, -0.15) is 4.98 Å². The number of aliphatic hydroxyl groups is 1. The molecule has 1 aliphatic rings. The molecule has 1 saturated heterocycles. The second-order valence-electron chi connectivity index (χ2n) is 4.69. The zero-order chi connectivity index (χ0) is 14.5. The van der Waals surface area contributed by atoms with Gasteiger partial charge in [0.25, 0.3) is 0 Å². The second kappa shape index (κ2) is 7.13. The molecule has 2 rings (SSSR count). The maximum absolute atomic E-state index is 12.0. The first kappa shape index (κ1) is 15.4. The van der Waals surface area contributed by atoms with E-state index in [0.717, 1.165) is 13.0 Å². The van der Waals surface area contributed by atoms with Crippen molar-refractivity contribution in [2.45, 2.75) is 38.2 Å². The van der Waals surface area contributed by atoms with E-state index in [1.165, 1.54) is 4.57 Å². The number of aliphatic hydroxyl groups excluding tert-OH is 1. The molecule has 112 valence electrons. The number of aromatic nitrogens is 2. The molecule has 8 heteroatoms. The number of hydrogen-bond donors (Lipinski definition) is 2. The van der Waals surface area contributed by atoms with Crippen LogP contribution < -0.4 is 11.0 Å². The third-order valence-electron chi connectivity index (χ3n) is 3.16. The van der Waals surface area contributed by atoms with E-state index in [4.69, 9.17) is 9.26 Å². The lowest BCUT2D eigenvalue weighted by Gasteiger charge is -2.15. The Morgan fingerprint density at radius 3 is 3.15 bits per heavy atom. The molecule has 0 aromatic carbocycles. The van der Waals surface area contributed by atoms with Gasteiger partial charge in [-0.15, -0.1) is 0 Å². The van der Waals surface area contributed by atoms with Gasteiger partial charge in [0.2, 0.25) is 0 Å². The topological polar surface area (TPSA) is 85.6 Å². The predicted octanol–water partition coefficient (Wildman–Crippen LogP) is 0.520. The maximum Gasteiger partial charge on any atom is 0.351 e. The molecule has 1 fully saturated rings. The van der Waals surface area contributed by atoms with Gasteiger partial charge in [-0.25, -0.2) is 4.79 Å². The van der Waals surface area contributed by atoms with Gasteiger partial charge in [-0.3, -0.25) is 4.57 Å². The Kier molecular flexibility index (Phi) is 5.48. The molecule has 4 atom stereocenters. The highest BCUT2D eigenvalue weighted by Crippen LogP contribution is 2.28. The van der Waals surface area contributed by atoms with Gasteiger partial charge in [-0.05, 0) is 12.5 Å². The second-order valence-corrected chi connectivity index (χ2v) is 5.03. The van der Waals surface area contributed by atoms with Gasteiger partial charge >= 0.3 is 5.69 Å². The molecular weight excluding hydrogens is 281 g/mol. The number of anilines is 1. The summed E-state index contributed by atoms with van der Waals surface area (Å²) in [5.74, 6) is 0.552. The van der Waals surface area contributed by atoms with E-state index < -0.39 is 24.1 Å². The largest absolute Gasteiger partial charge is 0.390 e. The molecular formula is C12H20N3O4P. The lowest BCUT2D eigenvalue weighted by atomic mass is 10.2. The highest BCUT2D eigenvalue weighted by molar-refractivity contribution is 7.09. The van der Waals surface area contributed by atoms with Crippen LogP contribution in [-0.4, -0.2) is 40.0 Å². The van der Waals surface area contributed by atoms with Crippen LogP contribution in [0.15, 0.2) is 17.1 Å². The van der Waals surface area contributed by atoms with Crippen LogP contribution in [0.5, 0.6) is 0 Å². The van der Waals surface area contributed by atoms with Crippen molar-refractivity contribution in [2.24, 2.45) is 0 Å². The Labute approximate surface area is 119 Å². The van der Waals surface area contributed by atoms with E-state index in [-0.39, 0.29) is 6.61 Å². The van der Waals surface area contributed by atoms with Crippen molar-refractivity contribution in [3.05, 3.63) is 22.7 Å². The van der Waals surface area contributed by atoms with E-state index in [1.807, 2.05) is 6.92 Å². The minimum absolute atomic E-state index is 0.265. The summed E-state index contributed by atoms with van der Waals surface area (Å²) in [6.45, 7) is 3.07. The Balaban J connectivity index is 2.08. The molecule has 7 nitrogen and oxygen atoms in total. The van der Waals surface area contributed by atoms with E-state index in [2.05, 4.69) is 19.8 Å². The van der Waals surface area contributed by atoms with Crippen molar-refractivity contribution in [3.8, 4) is 0 Å². The van der Waals surface area contributed by atoms with Crippen LogP contribution in [0.2, 0.25) is 0 Å². The van der Waals surface area contributed by atoms with Gasteiger partial charge in [-0.1, -0.05) is 6.92 Å². The third kappa shape index (κ3) is 3.55. The molecule has 0 bridgehead atoms. The van der Waals surface area contributed by atoms with Crippen LogP contribution in [0, 0.1) is 0 Å². The lowest BCUT2D eigenvalue weighted by molar-refractivity contribution is -0.0382. The Morgan fingerprint density at radius 1 is 1.70 bits per heavy atom. The van der Waals surface area contributed by atoms with Gasteiger partial charge in [0.05, 0.1) is 12.7 Å². The van der Waals surface area contributed by atoms with Gasteiger partial charge < -0.3 is 19.7 Å². The normalized spacial score (nSPS) is 25.9. The first-order valence-electron chi connectivity index (χ1n) is 6.64. The number of nitrogens with zero attached hydrogens (tertiary/aromatic N) is 2. The third-order valence-corrected chi connectivity index (χ3v) is 3.35. The Morgan fingerprint density at radius 2 is 2.50 bits per heavy atom. The molecule has 0 saturated carbocycles. The zero-order valence-corrected chi connectivity index (χ0v) is 12.5. The van der Waals surface area contributed by atoms with Crippen LogP contribution in [0.25, 0.3) is 0 Å². The molecule has 1 aliphatic heterocycles. The van der Waals surface area contributed by atoms with Crippen molar-refractivity contribution in [3.63, 3.8) is 0 Å². The summed E-state index contributed by atoms with van der Waals surface area (Å²) in [7, 11) is 2.12. The minimum atomic E-state index is -0.648. The Hall–Kier alpha value is -1.01. The van der Waals surface area contributed by atoms with Crippen molar-refractivity contribution >= 4 is 15.3 Å². The van der Waals surface area contributed by atoms with Crippen molar-refractivity contribution < 1.29 is 14.4 Å². The molecule has 0 radical (unpaired) electrons. The molecule has 1 aromatic rings. The predicted molar refractivity (Wildman–Crippen MR) is 77.5 cm³/mol. The van der Waals surface area contributed by atoms with Crippen molar-refractivity contribution in [1.29, 1.82) is 0 Å². The van der Waals surface area contributed by atoms with Crippen LogP contribution in [0.3, 0.4) is 0 Å². The van der Waals surface area contributed by atoms with E-state index >= 15 is 0 Å². The quantitative estimate of drug-likeness (QED) is 0.745. The SMILES string of the molecule is CCCNc1ccn([C@H]2C[C@@H](O)[C@@H](COP)O2)c(=O)n1. The number of nitrogens with one attached hydrogen (secondary N) is 1. The molecule has 2 heterocycles. The summed E-state index contributed by atoms with van der Waals surface area (Å²) in [6, 6.07) is 1.73. The van der Waals surface area contributed by atoms with E-state index in [1.54, 1.807) is 12.3 Å². The summed E-state index contributed by atoms with van der Waals surface area (Å²) >= 11 is 0. The fraction of sp³-hybridized carbons (Fsp3) is 0.667. The average molecular weight is 301 g/mol. The standard InChI is InChI=1S/C12H20N3O4P/c1-2-4-13-10-3-5-15(12(17)14-10)11-6-8(16)9(19-11)7-18-20/h3,5,8-9,11,16H,2,4,6-7,20H2,1H3,(H,13,14,17)/t8-,9-,11-/m1/s1. The molecule has 0 spiro atoms. The van der Waals surface area contributed by atoms with Gasteiger partial charge in [0.15, 0.2) is 0 Å². The number of rotatable bonds is 6. The van der Waals surface area contributed by atoms with E-state index in [9.17, 15) is 9.90 Å². The fourth-order valence-corrected chi connectivity index (χ4v) is 2.30. The summed E-state index contributed by atoms with van der Waals surface area (Å²) in [6.07, 6.45) is 1.36. The van der Waals surface area contributed by atoms with Crippen molar-refractivity contribution in [2.75, 3.05) is 18.5 Å². The van der Waals surface area contributed by atoms with Crippen LogP contribution in [0.1, 0.15) is 26.0 Å². The molecule has 1 unspecified atom stereocenters. The average Bonchev–Trinajstić information content (AvgIpc) is 2.78. The summed E-state index contributed by atoms with van der Waals surface area (Å²) in [5, 5.41) is 12.9. The molecule has 2 N–H and O–H groups in total. The van der Waals surface area contributed by atoms with Gasteiger partial charge in [0, 0.05) is 28.6 Å². The van der Waals surface area contributed by atoms with Gasteiger partial charge in [0.1, 0.15) is 18.1 Å². The molecule has 20 heavy (non-hydrogen) atoms. The summed E-state index contributed by atoms with van der Waals surface area (Å²) in [4.78, 5) is 15.9. The van der Waals surface area contributed by atoms with E-state index in [0.29, 0.717) is 12.2 Å². The highest BCUT2D eigenvalue weighted by Gasteiger charge is 2.35. The number of ether oxygens (including phenoxy) is 1. The first-order valence-corrected chi connectivity index (χ1v) is 7.11. The zero-order valence-electron chi connectivity index (χ0n) is 11.4. The minimum Gasteiger partial charge on any atom is -0.390 e. The molecule has 0 amide bonds. The Bertz CT molecular complexity index is 496. The monoisotopic (exact) mass is 301 g/mol. The smallest absolute Gasteiger partial charge is 0.351 e. The lowest BCUT2D eigenvalue weighted by Crippen LogP contribution is -2.28.